The first-order valence-corrected chi connectivity index (χ1v) is 49.6. The summed E-state index contributed by atoms with van der Waals surface area (Å²) < 4.78 is 43.3. The highest BCUT2D eigenvalue weighted by atomic mass is 79.9. The summed E-state index contributed by atoms with van der Waals surface area (Å²) in [6.45, 7) is 30.0. The van der Waals surface area contributed by atoms with E-state index in [-0.39, 0.29) is 13.2 Å². The number of carbonyl (C=O) groups excluding carboxylic acids is 2. The number of hydrogen-bond donors (Lipinski definition) is 2. The van der Waals surface area contributed by atoms with Crippen LogP contribution in [-0.2, 0) is 20.7 Å². The highest BCUT2D eigenvalue weighted by Gasteiger charge is 2.42. The number of ether oxygens (including phenoxy) is 7. The van der Waals surface area contributed by atoms with Gasteiger partial charge in [0.05, 0.1) is 57.4 Å². The Kier molecular flexibility index (Phi) is 41.4. The maximum absolute atomic E-state index is 14.2. The summed E-state index contributed by atoms with van der Waals surface area (Å²) in [4.78, 5) is 25.1. The van der Waals surface area contributed by atoms with Gasteiger partial charge in [0.25, 0.3) is 0 Å². The van der Waals surface area contributed by atoms with Crippen LogP contribution in [0.15, 0.2) is 217 Å². The minimum absolute atomic E-state index is 0.287. The normalized spacial score (nSPS) is 13.5. The molecule has 2 N–H and O–H groups in total. The van der Waals surface area contributed by atoms with Crippen LogP contribution in [0.2, 0.25) is 0 Å². The molecule has 11 nitrogen and oxygen atoms in total. The summed E-state index contributed by atoms with van der Waals surface area (Å²) in [7, 11) is 0. The molecule has 0 bridgehead atoms. The molecule has 11 aromatic rings. The Labute approximate surface area is 754 Å². The van der Waals surface area contributed by atoms with Crippen molar-refractivity contribution in [2.45, 2.75) is 223 Å². The van der Waals surface area contributed by atoms with Crippen molar-refractivity contribution in [3.05, 3.63) is 262 Å². The zero-order chi connectivity index (χ0) is 87.1. The number of benzene rings is 7. The molecule has 7 aromatic carbocycles. The molecule has 0 radical (unpaired) electrons. The van der Waals surface area contributed by atoms with Crippen molar-refractivity contribution >= 4 is 73.2 Å². The maximum atomic E-state index is 14.2. The predicted molar refractivity (Wildman–Crippen MR) is 516 cm³/mol. The Hall–Kier alpha value is -8.32. The van der Waals surface area contributed by atoms with Gasteiger partial charge in [0, 0.05) is 15.6 Å². The van der Waals surface area contributed by atoms with Crippen molar-refractivity contribution in [1.82, 2.24) is 0 Å². The van der Waals surface area contributed by atoms with Crippen molar-refractivity contribution in [2.24, 2.45) is 29.6 Å². The minimum atomic E-state index is -1.69. The van der Waals surface area contributed by atoms with Crippen LogP contribution < -0.4 is 23.7 Å². The standard InChI is InChI=1S/C72H94O6S2.C20H18O4S2.C14H21BrO/c1-9-17-21-53(13-5)47-75-63-33-25-59(26-34-63)71(73,60-27-35-64(36-28-60)76-48-54(14-6)22-18-10-2)69-45-68(58-42-44-80-52-58)70(46-67(69)57-41-43-79-51-57)72(74,61-29-37-65(38-30-61)77-49-55(15-7)23-19-11-3)62-31-39-66(40-32-62)78-50-56(16-8)24-20-12-4;1-3-23-19(21)17-9-16(14-6-8-26-12-14)18(20(22)24-4-2)10-15(17)13-5-7-25-11-13;1-3-5-6-12(4-2)11-16-14-9-7-13(15)8-10-14/h25-46,51-56,73-74H,9-24,47-50H2,1-8H3;5-12H,3-4H2,1-2H3;7-10,12H,3-6,11H2,1-2H3. The molecule has 5 unspecified atom stereocenters. The van der Waals surface area contributed by atoms with Crippen molar-refractivity contribution in [2.75, 3.05) is 46.2 Å². The van der Waals surface area contributed by atoms with Gasteiger partial charge in [-0.1, -0.05) is 230 Å². The van der Waals surface area contributed by atoms with Gasteiger partial charge in [-0.15, -0.1) is 0 Å². The fourth-order valence-electron chi connectivity index (χ4n) is 15.4. The molecular weight excluding hydrogens is 1660 g/mol. The highest BCUT2D eigenvalue weighted by Crippen LogP contribution is 2.51. The first kappa shape index (κ1) is 97.5. The molecule has 0 aliphatic rings. The SMILES string of the molecule is CCCCC(CC)COc1ccc(Br)cc1.CCCCC(CC)COc1ccc(C(O)(c2ccc(OCC(CC)CCCC)cc2)c2cc(-c3ccsc3)c(C(O)(c3ccc(OCC(CC)CCCC)cc3)c3ccc(OCC(CC)CCCC)cc3)cc2-c2ccsc2)cc1.CCOC(=O)c1cc(-c2ccsc2)c(C(=O)OCC)cc1-c1ccsc1. The molecule has 4 heterocycles. The van der Waals surface area contributed by atoms with E-state index in [2.05, 4.69) is 131 Å². The lowest BCUT2D eigenvalue weighted by molar-refractivity contribution is 0.0513. The Bertz CT molecular complexity index is 4340. The van der Waals surface area contributed by atoms with E-state index in [1.807, 2.05) is 155 Å². The lowest BCUT2D eigenvalue weighted by Gasteiger charge is -2.36. The molecule has 0 fully saturated rings. The largest absolute Gasteiger partial charge is 0.493 e. The summed E-state index contributed by atoms with van der Waals surface area (Å²) in [5.41, 5.74) is 8.28. The zero-order valence-electron chi connectivity index (χ0n) is 74.3. The fraction of sp³-hybridized carbons (Fsp3) is 0.434. The minimum Gasteiger partial charge on any atom is -0.493 e. The van der Waals surface area contributed by atoms with Gasteiger partial charge in [-0.2, -0.15) is 45.3 Å². The Morgan fingerprint density at radius 3 is 0.754 bits per heavy atom. The van der Waals surface area contributed by atoms with Gasteiger partial charge in [0.1, 0.15) is 39.9 Å². The summed E-state index contributed by atoms with van der Waals surface area (Å²) in [6.07, 6.45) is 23.3. The zero-order valence-corrected chi connectivity index (χ0v) is 79.2. The van der Waals surface area contributed by atoms with Crippen LogP contribution in [0.25, 0.3) is 44.5 Å². The van der Waals surface area contributed by atoms with Gasteiger partial charge >= 0.3 is 11.9 Å². The van der Waals surface area contributed by atoms with E-state index >= 15 is 0 Å². The number of halogens is 1. The first-order valence-electron chi connectivity index (χ1n) is 45.0. The number of thiophene rings is 4. The van der Waals surface area contributed by atoms with Crippen LogP contribution in [0.5, 0.6) is 28.7 Å². The lowest BCUT2D eigenvalue weighted by Crippen LogP contribution is -2.32. The number of esters is 2. The summed E-state index contributed by atoms with van der Waals surface area (Å²) >= 11 is 9.69. The molecule has 0 spiro atoms. The van der Waals surface area contributed by atoms with Crippen LogP contribution in [0, 0.1) is 29.6 Å². The lowest BCUT2D eigenvalue weighted by atomic mass is 9.72. The molecular formula is C106H133BrO11S4. The van der Waals surface area contributed by atoms with E-state index in [9.17, 15) is 19.8 Å². The summed E-state index contributed by atoms with van der Waals surface area (Å²) in [6, 6.07) is 56.1. The van der Waals surface area contributed by atoms with Crippen LogP contribution in [0.4, 0.5) is 0 Å². The second kappa shape index (κ2) is 51.8. The summed E-state index contributed by atoms with van der Waals surface area (Å²) in [5.74, 6) is 5.88. The van der Waals surface area contributed by atoms with E-state index in [4.69, 9.17) is 33.2 Å². The van der Waals surface area contributed by atoms with E-state index < -0.39 is 23.1 Å². The second-order valence-corrected chi connectivity index (χ2v) is 36.0. The van der Waals surface area contributed by atoms with E-state index in [1.54, 1.807) is 48.7 Å². The van der Waals surface area contributed by atoms with Gasteiger partial charge in [-0.25, -0.2) is 9.59 Å². The van der Waals surface area contributed by atoms with Crippen LogP contribution in [0.1, 0.15) is 266 Å². The Morgan fingerprint density at radius 1 is 0.320 bits per heavy atom. The molecule has 5 atom stereocenters. The number of hydrogen-bond acceptors (Lipinski definition) is 15. The molecule has 122 heavy (non-hydrogen) atoms. The van der Waals surface area contributed by atoms with E-state index in [1.165, 1.54) is 99.7 Å². The highest BCUT2D eigenvalue weighted by molar-refractivity contribution is 9.10. The monoisotopic (exact) mass is 1790 g/mol. The average molecular weight is 1790 g/mol. The van der Waals surface area contributed by atoms with Crippen molar-refractivity contribution in [1.29, 1.82) is 0 Å². The van der Waals surface area contributed by atoms with E-state index in [0.717, 1.165) is 125 Å². The third-order valence-corrected chi connectivity index (χ3v) is 26.7. The third kappa shape index (κ3) is 27.6. The van der Waals surface area contributed by atoms with Gasteiger partial charge in [0.2, 0.25) is 0 Å². The topological polar surface area (TPSA) is 139 Å². The molecule has 654 valence electrons. The van der Waals surface area contributed by atoms with Gasteiger partial charge in [0.15, 0.2) is 0 Å². The fourth-order valence-corrected chi connectivity index (χ4v) is 18.3. The molecule has 0 saturated heterocycles. The molecule has 0 aliphatic carbocycles. The second-order valence-electron chi connectivity index (χ2n) is 32.0. The van der Waals surface area contributed by atoms with Crippen LogP contribution in [0.3, 0.4) is 0 Å². The number of unbranched alkanes of at least 4 members (excludes halogenated alkanes) is 5. The van der Waals surface area contributed by atoms with Gasteiger partial charge in [-0.05, 0) is 307 Å². The Morgan fingerprint density at radius 2 is 0.549 bits per heavy atom. The van der Waals surface area contributed by atoms with E-state index in [0.29, 0.717) is 112 Å². The smallest absolute Gasteiger partial charge is 0.338 e. The number of rotatable bonds is 49. The molecule has 11 rings (SSSR count). The van der Waals surface area contributed by atoms with Gasteiger partial charge in [-0.3, -0.25) is 0 Å². The maximum Gasteiger partial charge on any atom is 0.338 e. The molecule has 0 amide bonds. The first-order chi connectivity index (χ1) is 59.5. The number of aliphatic hydroxyl groups is 2. The van der Waals surface area contributed by atoms with Crippen molar-refractivity contribution in [3.8, 4) is 73.3 Å². The van der Waals surface area contributed by atoms with Crippen molar-refractivity contribution < 1.29 is 53.0 Å². The predicted octanol–water partition coefficient (Wildman–Crippen LogP) is 30.6. The van der Waals surface area contributed by atoms with Gasteiger partial charge < -0.3 is 43.4 Å². The van der Waals surface area contributed by atoms with Crippen LogP contribution >= 0.6 is 61.3 Å². The molecule has 4 aromatic heterocycles. The molecule has 0 aliphatic heterocycles. The third-order valence-electron chi connectivity index (χ3n) is 23.5. The molecule has 16 heteroatoms. The Balaban J connectivity index is 0.000000324. The number of carbonyl (C=O) groups is 2. The quantitative estimate of drug-likeness (QED) is 0.0278. The van der Waals surface area contributed by atoms with Crippen molar-refractivity contribution in [3.63, 3.8) is 0 Å². The summed E-state index contributed by atoms with van der Waals surface area (Å²) in [5, 5.41) is 44.7. The van der Waals surface area contributed by atoms with Crippen LogP contribution in [-0.4, -0.2) is 68.4 Å². The molecule has 0 saturated carbocycles. The average Bonchev–Trinajstić information content (AvgIpc) is 0.781.